The summed E-state index contributed by atoms with van der Waals surface area (Å²) in [5, 5.41) is 7.75. The zero-order valence-corrected chi connectivity index (χ0v) is 10.8. The predicted molar refractivity (Wildman–Crippen MR) is 65.8 cm³/mol. The summed E-state index contributed by atoms with van der Waals surface area (Å²) in [6, 6.07) is 0. The molecule has 0 spiro atoms. The summed E-state index contributed by atoms with van der Waals surface area (Å²) in [7, 11) is -3.37. The monoisotopic (exact) mass is 342 g/mol. The highest BCUT2D eigenvalue weighted by molar-refractivity contribution is 14.1. The van der Waals surface area contributed by atoms with E-state index >= 15 is 0 Å². The van der Waals surface area contributed by atoms with Crippen molar-refractivity contribution in [3.63, 3.8) is 0 Å². The number of nitrogens with zero attached hydrogens (tertiary/aromatic N) is 2. The van der Waals surface area contributed by atoms with Crippen LogP contribution >= 0.6 is 22.6 Å². The summed E-state index contributed by atoms with van der Waals surface area (Å²) in [5.74, 6) is 0.453. The van der Waals surface area contributed by atoms with Gasteiger partial charge in [0.05, 0.1) is 5.75 Å². The zero-order chi connectivity index (χ0) is 11.3. The van der Waals surface area contributed by atoms with E-state index < -0.39 is 10.0 Å². The van der Waals surface area contributed by atoms with Crippen LogP contribution in [-0.2, 0) is 10.0 Å². The molecular weight excluding hydrogens is 331 g/mol. The average Bonchev–Trinajstić information content (AvgIpc) is 2.14. The highest BCUT2D eigenvalue weighted by Crippen LogP contribution is 2.02. The van der Waals surface area contributed by atoms with Gasteiger partial charge in [-0.15, -0.1) is 0 Å². The number of rotatable bonds is 5. The van der Waals surface area contributed by atoms with Crippen LogP contribution in [0.1, 0.15) is 6.42 Å². The molecule has 6 nitrogen and oxygen atoms in total. The number of anilines is 1. The fourth-order valence-corrected chi connectivity index (χ4v) is 1.70. The van der Waals surface area contributed by atoms with Gasteiger partial charge in [-0.05, 0) is 29.0 Å². The van der Waals surface area contributed by atoms with E-state index in [0.717, 1.165) is 3.57 Å². The lowest BCUT2D eigenvalue weighted by Crippen LogP contribution is -2.19. The highest BCUT2D eigenvalue weighted by Gasteiger charge is 2.01. The van der Waals surface area contributed by atoms with E-state index in [4.69, 9.17) is 5.14 Å². The molecule has 1 rings (SSSR count). The van der Waals surface area contributed by atoms with Gasteiger partial charge in [0.25, 0.3) is 0 Å². The molecule has 8 heteroatoms. The number of hydrogen-bond donors (Lipinski definition) is 2. The van der Waals surface area contributed by atoms with Crippen molar-refractivity contribution >= 4 is 38.6 Å². The van der Waals surface area contributed by atoms with E-state index in [1.54, 1.807) is 12.4 Å². The Hall–Kier alpha value is -0.480. The Morgan fingerprint density at radius 2 is 2.00 bits per heavy atom. The first kappa shape index (κ1) is 12.6. The Bertz CT molecular complexity index is 406. The van der Waals surface area contributed by atoms with Crippen molar-refractivity contribution in [2.45, 2.75) is 6.42 Å². The van der Waals surface area contributed by atoms with Crippen LogP contribution in [-0.4, -0.2) is 30.7 Å². The molecule has 1 aromatic heterocycles. The molecule has 0 unspecified atom stereocenters. The molecule has 15 heavy (non-hydrogen) atoms. The fourth-order valence-electron chi connectivity index (χ4n) is 0.877. The summed E-state index contributed by atoms with van der Waals surface area (Å²) in [5.41, 5.74) is 0. The van der Waals surface area contributed by atoms with E-state index in [9.17, 15) is 8.42 Å². The van der Waals surface area contributed by atoms with E-state index in [1.807, 2.05) is 0 Å². The molecular formula is C7H11IN4O2S. The first-order valence-corrected chi connectivity index (χ1v) is 6.99. The summed E-state index contributed by atoms with van der Waals surface area (Å²) in [4.78, 5) is 8.00. The lowest BCUT2D eigenvalue weighted by atomic mass is 10.5. The van der Waals surface area contributed by atoms with Crippen molar-refractivity contribution in [3.05, 3.63) is 16.0 Å². The Morgan fingerprint density at radius 3 is 2.53 bits per heavy atom. The third-order valence-electron chi connectivity index (χ3n) is 1.51. The van der Waals surface area contributed by atoms with Gasteiger partial charge in [0.1, 0.15) is 0 Å². The number of halogens is 1. The molecule has 0 aliphatic heterocycles. The van der Waals surface area contributed by atoms with Crippen LogP contribution in [0, 0.1) is 3.57 Å². The molecule has 3 N–H and O–H groups in total. The standard InChI is InChI=1S/C7H11IN4O2S/c8-6-4-11-7(12-5-6)10-2-1-3-15(9,13)14/h4-5H,1-3H2,(H2,9,13,14)(H,10,11,12). The molecule has 0 aromatic carbocycles. The molecule has 0 aliphatic rings. The second-order valence-electron chi connectivity index (χ2n) is 2.87. The van der Waals surface area contributed by atoms with Gasteiger partial charge in [-0.1, -0.05) is 0 Å². The van der Waals surface area contributed by atoms with E-state index in [1.165, 1.54) is 0 Å². The first-order chi connectivity index (χ1) is 6.97. The first-order valence-electron chi connectivity index (χ1n) is 4.19. The highest BCUT2D eigenvalue weighted by atomic mass is 127. The lowest BCUT2D eigenvalue weighted by Gasteiger charge is -2.03. The smallest absolute Gasteiger partial charge is 0.222 e. The SMILES string of the molecule is NS(=O)(=O)CCCNc1ncc(I)cn1. The minimum absolute atomic E-state index is 0.0373. The van der Waals surface area contributed by atoms with Crippen molar-refractivity contribution in [1.29, 1.82) is 0 Å². The maximum absolute atomic E-state index is 10.6. The minimum Gasteiger partial charge on any atom is -0.354 e. The molecule has 0 saturated heterocycles. The van der Waals surface area contributed by atoms with Gasteiger partial charge < -0.3 is 5.32 Å². The van der Waals surface area contributed by atoms with Gasteiger partial charge in [-0.2, -0.15) is 0 Å². The Labute approximate surface area is 102 Å². The molecule has 0 amide bonds. The van der Waals surface area contributed by atoms with Crippen molar-refractivity contribution in [2.75, 3.05) is 17.6 Å². The van der Waals surface area contributed by atoms with Gasteiger partial charge >= 0.3 is 0 Å². The summed E-state index contributed by atoms with van der Waals surface area (Å²) in [6.45, 7) is 0.483. The number of nitrogens with one attached hydrogen (secondary N) is 1. The molecule has 0 atom stereocenters. The van der Waals surface area contributed by atoms with Crippen LogP contribution in [0.5, 0.6) is 0 Å². The molecule has 0 radical (unpaired) electrons. The Balaban J connectivity index is 2.29. The molecule has 0 bridgehead atoms. The van der Waals surface area contributed by atoms with Gasteiger partial charge in [0.15, 0.2) is 0 Å². The van der Waals surface area contributed by atoms with Crippen molar-refractivity contribution in [3.8, 4) is 0 Å². The van der Waals surface area contributed by atoms with Crippen molar-refractivity contribution in [1.82, 2.24) is 9.97 Å². The molecule has 0 aliphatic carbocycles. The zero-order valence-electron chi connectivity index (χ0n) is 7.85. The van der Waals surface area contributed by atoms with Crippen LogP contribution in [0.3, 0.4) is 0 Å². The summed E-state index contributed by atoms with van der Waals surface area (Å²) in [6.07, 6.45) is 3.79. The number of nitrogens with two attached hydrogens (primary N) is 1. The predicted octanol–water partition coefficient (Wildman–Crippen LogP) is 0.172. The van der Waals surface area contributed by atoms with E-state index in [-0.39, 0.29) is 5.75 Å². The third kappa shape index (κ3) is 5.85. The lowest BCUT2D eigenvalue weighted by molar-refractivity contribution is 0.595. The average molecular weight is 342 g/mol. The van der Waals surface area contributed by atoms with Crippen molar-refractivity contribution in [2.24, 2.45) is 5.14 Å². The maximum Gasteiger partial charge on any atom is 0.222 e. The van der Waals surface area contributed by atoms with Crippen LogP contribution < -0.4 is 10.5 Å². The van der Waals surface area contributed by atoms with Crippen LogP contribution in [0.25, 0.3) is 0 Å². The Kier molecular flexibility index (Phi) is 4.67. The third-order valence-corrected chi connectivity index (χ3v) is 2.92. The molecule has 1 aromatic rings. The van der Waals surface area contributed by atoms with Crippen LogP contribution in [0.15, 0.2) is 12.4 Å². The van der Waals surface area contributed by atoms with E-state index in [2.05, 4.69) is 37.9 Å². The van der Waals surface area contributed by atoms with Gasteiger partial charge in [-0.3, -0.25) is 0 Å². The van der Waals surface area contributed by atoms with Gasteiger partial charge in [-0.25, -0.2) is 23.5 Å². The number of sulfonamides is 1. The largest absolute Gasteiger partial charge is 0.354 e. The number of aromatic nitrogens is 2. The van der Waals surface area contributed by atoms with E-state index in [0.29, 0.717) is 18.9 Å². The van der Waals surface area contributed by atoms with Gasteiger partial charge in [0.2, 0.25) is 16.0 Å². The summed E-state index contributed by atoms with van der Waals surface area (Å²) >= 11 is 2.10. The topological polar surface area (TPSA) is 98.0 Å². The molecule has 1 heterocycles. The number of hydrogen-bond acceptors (Lipinski definition) is 5. The quantitative estimate of drug-likeness (QED) is 0.587. The molecule has 0 fully saturated rings. The van der Waals surface area contributed by atoms with Gasteiger partial charge in [0, 0.05) is 22.5 Å². The maximum atomic E-state index is 10.6. The molecule has 84 valence electrons. The van der Waals surface area contributed by atoms with Crippen molar-refractivity contribution < 1.29 is 8.42 Å². The molecule has 0 saturated carbocycles. The normalized spacial score (nSPS) is 11.3. The van der Waals surface area contributed by atoms with Crippen LogP contribution in [0.4, 0.5) is 5.95 Å². The van der Waals surface area contributed by atoms with Crippen LogP contribution in [0.2, 0.25) is 0 Å². The number of primary sulfonamides is 1. The second-order valence-corrected chi connectivity index (χ2v) is 5.85. The second kappa shape index (κ2) is 5.56. The Morgan fingerprint density at radius 1 is 1.40 bits per heavy atom. The fraction of sp³-hybridized carbons (Fsp3) is 0.429. The minimum atomic E-state index is -3.37. The summed E-state index contributed by atoms with van der Waals surface area (Å²) < 4.78 is 22.2.